The van der Waals surface area contributed by atoms with Crippen molar-refractivity contribution in [1.82, 2.24) is 10.2 Å². The molecule has 3 rings (SSSR count). The van der Waals surface area contributed by atoms with Gasteiger partial charge in [0.1, 0.15) is 5.75 Å². The minimum atomic E-state index is -1.69. The Bertz CT molecular complexity index is 880. The van der Waals surface area contributed by atoms with Crippen LogP contribution in [-0.4, -0.2) is 41.0 Å². The van der Waals surface area contributed by atoms with Gasteiger partial charge in [-0.1, -0.05) is 12.1 Å². The smallest absolute Gasteiger partial charge is 0.257 e. The van der Waals surface area contributed by atoms with E-state index in [1.54, 1.807) is 17.0 Å². The molecular formula is C19H17F3N2O3. The van der Waals surface area contributed by atoms with E-state index in [0.717, 1.165) is 6.07 Å². The van der Waals surface area contributed by atoms with E-state index in [1.807, 2.05) is 0 Å². The fourth-order valence-corrected chi connectivity index (χ4v) is 3.02. The SMILES string of the molecule is O=C(NC1CCN(C(=O)c2ccccc2O)CC1)c1ccc(F)c(F)c1F. The molecule has 1 aliphatic heterocycles. The van der Waals surface area contributed by atoms with Gasteiger partial charge in [0.25, 0.3) is 11.8 Å². The number of halogens is 3. The van der Waals surface area contributed by atoms with Gasteiger partial charge >= 0.3 is 0 Å². The molecule has 0 bridgehead atoms. The number of amides is 2. The van der Waals surface area contributed by atoms with Gasteiger partial charge in [0, 0.05) is 19.1 Å². The van der Waals surface area contributed by atoms with Crippen LogP contribution in [0.5, 0.6) is 5.75 Å². The van der Waals surface area contributed by atoms with E-state index >= 15 is 0 Å². The highest BCUT2D eigenvalue weighted by atomic mass is 19.2. The van der Waals surface area contributed by atoms with Crippen LogP contribution in [0, 0.1) is 17.5 Å². The van der Waals surface area contributed by atoms with E-state index in [4.69, 9.17) is 0 Å². The van der Waals surface area contributed by atoms with E-state index in [2.05, 4.69) is 5.32 Å². The molecule has 0 unspecified atom stereocenters. The summed E-state index contributed by atoms with van der Waals surface area (Å²) >= 11 is 0. The molecule has 0 spiro atoms. The Labute approximate surface area is 153 Å². The number of likely N-dealkylation sites (tertiary alicyclic amines) is 1. The lowest BCUT2D eigenvalue weighted by Gasteiger charge is -2.32. The second-order valence-corrected chi connectivity index (χ2v) is 6.28. The Morgan fingerprint density at radius 3 is 2.30 bits per heavy atom. The Morgan fingerprint density at radius 1 is 0.963 bits per heavy atom. The van der Waals surface area contributed by atoms with Crippen LogP contribution in [0.25, 0.3) is 0 Å². The third kappa shape index (κ3) is 3.89. The van der Waals surface area contributed by atoms with E-state index in [-0.39, 0.29) is 23.3 Å². The van der Waals surface area contributed by atoms with Crippen molar-refractivity contribution < 1.29 is 27.9 Å². The second kappa shape index (κ2) is 7.69. The summed E-state index contributed by atoms with van der Waals surface area (Å²) in [6, 6.07) is 7.47. The number of piperidine rings is 1. The maximum Gasteiger partial charge on any atom is 0.257 e. The summed E-state index contributed by atoms with van der Waals surface area (Å²) in [6.45, 7) is 0.663. The molecule has 142 valence electrons. The van der Waals surface area contributed by atoms with Gasteiger partial charge in [0.05, 0.1) is 11.1 Å². The lowest BCUT2D eigenvalue weighted by Crippen LogP contribution is -2.46. The van der Waals surface area contributed by atoms with Crippen molar-refractivity contribution >= 4 is 11.8 Å². The van der Waals surface area contributed by atoms with Crippen molar-refractivity contribution in [3.63, 3.8) is 0 Å². The fourth-order valence-electron chi connectivity index (χ4n) is 3.02. The van der Waals surface area contributed by atoms with Gasteiger partial charge in [0.15, 0.2) is 17.5 Å². The highest BCUT2D eigenvalue weighted by Crippen LogP contribution is 2.21. The van der Waals surface area contributed by atoms with Crippen LogP contribution in [-0.2, 0) is 0 Å². The zero-order valence-corrected chi connectivity index (χ0v) is 14.2. The summed E-state index contributed by atoms with van der Waals surface area (Å²) in [5.41, 5.74) is -0.370. The van der Waals surface area contributed by atoms with Gasteiger partial charge in [-0.15, -0.1) is 0 Å². The number of hydrogen-bond acceptors (Lipinski definition) is 3. The molecule has 0 radical (unpaired) electrons. The Hall–Kier alpha value is -3.03. The zero-order chi connectivity index (χ0) is 19.6. The highest BCUT2D eigenvalue weighted by Gasteiger charge is 2.27. The number of aromatic hydroxyl groups is 1. The van der Waals surface area contributed by atoms with Crippen molar-refractivity contribution in [2.75, 3.05) is 13.1 Å². The van der Waals surface area contributed by atoms with Crippen molar-refractivity contribution in [1.29, 1.82) is 0 Å². The van der Waals surface area contributed by atoms with Crippen LogP contribution in [0.4, 0.5) is 13.2 Å². The average molecular weight is 378 g/mol. The molecule has 2 N–H and O–H groups in total. The van der Waals surface area contributed by atoms with E-state index in [9.17, 15) is 27.9 Å². The standard InChI is InChI=1S/C19H17F3N2O3/c20-14-6-5-13(16(21)17(14)22)18(26)23-11-7-9-24(10-8-11)19(27)12-3-1-2-4-15(12)25/h1-6,11,25H,7-10H2,(H,23,26). The van der Waals surface area contributed by atoms with E-state index in [1.165, 1.54) is 12.1 Å². The van der Waals surface area contributed by atoms with Crippen molar-refractivity contribution in [3.05, 3.63) is 65.0 Å². The maximum atomic E-state index is 13.7. The molecule has 8 heteroatoms. The number of nitrogens with zero attached hydrogens (tertiary/aromatic N) is 1. The molecule has 1 fully saturated rings. The molecule has 0 saturated carbocycles. The molecule has 1 aliphatic rings. The molecular weight excluding hydrogens is 361 g/mol. The zero-order valence-electron chi connectivity index (χ0n) is 14.2. The third-order valence-electron chi connectivity index (χ3n) is 4.53. The van der Waals surface area contributed by atoms with Crippen molar-refractivity contribution in [3.8, 4) is 5.75 Å². The predicted molar refractivity (Wildman–Crippen MR) is 90.8 cm³/mol. The van der Waals surface area contributed by atoms with Gasteiger partial charge in [0.2, 0.25) is 0 Å². The molecule has 1 saturated heterocycles. The maximum absolute atomic E-state index is 13.7. The fraction of sp³-hybridized carbons (Fsp3) is 0.263. The summed E-state index contributed by atoms with van der Waals surface area (Å²) in [7, 11) is 0. The van der Waals surface area contributed by atoms with Crippen LogP contribution in [0.2, 0.25) is 0 Å². The summed E-state index contributed by atoms with van der Waals surface area (Å²) in [5, 5.41) is 12.4. The van der Waals surface area contributed by atoms with Crippen LogP contribution in [0.1, 0.15) is 33.6 Å². The first kappa shape index (κ1) is 18.8. The van der Waals surface area contributed by atoms with Crippen LogP contribution in [0.3, 0.4) is 0 Å². The number of nitrogens with one attached hydrogen (secondary N) is 1. The Morgan fingerprint density at radius 2 is 1.63 bits per heavy atom. The lowest BCUT2D eigenvalue weighted by molar-refractivity contribution is 0.0695. The van der Waals surface area contributed by atoms with Crippen molar-refractivity contribution in [2.45, 2.75) is 18.9 Å². The minimum absolute atomic E-state index is 0.105. The largest absolute Gasteiger partial charge is 0.507 e. The van der Waals surface area contributed by atoms with Gasteiger partial charge in [-0.05, 0) is 37.1 Å². The molecule has 5 nitrogen and oxygen atoms in total. The molecule has 2 aromatic rings. The number of phenolic OH excluding ortho intramolecular Hbond substituents is 1. The Kier molecular flexibility index (Phi) is 5.34. The number of benzene rings is 2. The van der Waals surface area contributed by atoms with Gasteiger partial charge < -0.3 is 15.3 Å². The average Bonchev–Trinajstić information content (AvgIpc) is 2.66. The minimum Gasteiger partial charge on any atom is -0.507 e. The number of phenols is 1. The third-order valence-corrected chi connectivity index (χ3v) is 4.53. The molecule has 27 heavy (non-hydrogen) atoms. The molecule has 0 aliphatic carbocycles. The first-order valence-corrected chi connectivity index (χ1v) is 8.40. The molecule has 2 amide bonds. The van der Waals surface area contributed by atoms with Crippen LogP contribution < -0.4 is 5.32 Å². The first-order chi connectivity index (χ1) is 12.9. The highest BCUT2D eigenvalue weighted by molar-refractivity contribution is 5.97. The normalized spacial score (nSPS) is 14.9. The number of para-hydroxylation sites is 1. The van der Waals surface area contributed by atoms with Gasteiger partial charge in [-0.3, -0.25) is 9.59 Å². The monoisotopic (exact) mass is 378 g/mol. The predicted octanol–water partition coefficient (Wildman–Crippen LogP) is 2.84. The quantitative estimate of drug-likeness (QED) is 0.807. The number of hydrogen-bond donors (Lipinski definition) is 2. The number of carbonyl (C=O) groups excluding carboxylic acids is 2. The number of carbonyl (C=O) groups is 2. The number of rotatable bonds is 3. The molecule has 1 heterocycles. The van der Waals surface area contributed by atoms with Crippen LogP contribution >= 0.6 is 0 Å². The topological polar surface area (TPSA) is 69.6 Å². The summed E-state index contributed by atoms with van der Waals surface area (Å²) in [4.78, 5) is 26.1. The molecule has 0 atom stereocenters. The molecule has 2 aromatic carbocycles. The first-order valence-electron chi connectivity index (χ1n) is 8.40. The molecule has 0 aromatic heterocycles. The van der Waals surface area contributed by atoms with Crippen molar-refractivity contribution in [2.24, 2.45) is 0 Å². The van der Waals surface area contributed by atoms with E-state index < -0.39 is 28.9 Å². The van der Waals surface area contributed by atoms with Gasteiger partial charge in [-0.2, -0.15) is 0 Å². The lowest BCUT2D eigenvalue weighted by atomic mass is 10.0. The summed E-state index contributed by atoms with van der Waals surface area (Å²) < 4.78 is 39.9. The summed E-state index contributed by atoms with van der Waals surface area (Å²) in [5.74, 6) is -5.83. The van der Waals surface area contributed by atoms with Crippen LogP contribution in [0.15, 0.2) is 36.4 Å². The second-order valence-electron chi connectivity index (χ2n) is 6.28. The van der Waals surface area contributed by atoms with Gasteiger partial charge in [-0.25, -0.2) is 13.2 Å². The summed E-state index contributed by atoms with van der Waals surface area (Å²) in [6.07, 6.45) is 0.826. The van der Waals surface area contributed by atoms with E-state index in [0.29, 0.717) is 32.0 Å². The Balaban J connectivity index is 1.60.